The highest BCUT2D eigenvalue weighted by molar-refractivity contribution is 6.30. The minimum absolute atomic E-state index is 0.167. The molecular formula is C17H13ClN4O2. The zero-order valence-corrected chi connectivity index (χ0v) is 13.2. The molecule has 0 saturated carbocycles. The van der Waals surface area contributed by atoms with E-state index in [4.69, 9.17) is 11.6 Å². The normalized spacial score (nSPS) is 10.2. The largest absolute Gasteiger partial charge is 0.478 e. The SMILES string of the molecule is O=C(O)c1ccccc1Nc1cc(Nc2cccc(Cl)c2)ncn1. The van der Waals surface area contributed by atoms with Crippen molar-refractivity contribution in [2.24, 2.45) is 0 Å². The molecule has 0 aliphatic rings. The van der Waals surface area contributed by atoms with Crippen LogP contribution in [0, 0.1) is 0 Å². The van der Waals surface area contributed by atoms with Crippen molar-refractivity contribution >= 4 is 40.6 Å². The van der Waals surface area contributed by atoms with Crippen LogP contribution < -0.4 is 10.6 Å². The number of hydrogen-bond donors (Lipinski definition) is 3. The molecule has 3 rings (SSSR count). The first-order valence-electron chi connectivity index (χ1n) is 7.06. The molecule has 3 aromatic rings. The van der Waals surface area contributed by atoms with E-state index in [1.165, 1.54) is 12.4 Å². The summed E-state index contributed by atoms with van der Waals surface area (Å²) >= 11 is 5.96. The van der Waals surface area contributed by atoms with Crippen LogP contribution in [0.2, 0.25) is 5.02 Å². The average Bonchev–Trinajstić information content (AvgIpc) is 2.55. The summed E-state index contributed by atoms with van der Waals surface area (Å²) in [5.74, 6) is 0.0234. The molecule has 0 fully saturated rings. The number of aromatic nitrogens is 2. The number of nitrogens with one attached hydrogen (secondary N) is 2. The van der Waals surface area contributed by atoms with E-state index < -0.39 is 5.97 Å². The number of carboxylic acids is 1. The van der Waals surface area contributed by atoms with Gasteiger partial charge in [-0.25, -0.2) is 14.8 Å². The molecule has 0 spiro atoms. The Hall–Kier alpha value is -3.12. The molecule has 3 N–H and O–H groups in total. The maximum Gasteiger partial charge on any atom is 0.337 e. The molecule has 0 bridgehead atoms. The lowest BCUT2D eigenvalue weighted by molar-refractivity contribution is 0.0698. The van der Waals surface area contributed by atoms with E-state index >= 15 is 0 Å². The quantitative estimate of drug-likeness (QED) is 0.641. The third-order valence-corrected chi connectivity index (χ3v) is 3.42. The van der Waals surface area contributed by atoms with Gasteiger partial charge in [0.25, 0.3) is 0 Å². The molecule has 0 saturated heterocycles. The first-order valence-corrected chi connectivity index (χ1v) is 7.43. The summed E-state index contributed by atoms with van der Waals surface area (Å²) in [5.41, 5.74) is 1.41. The number of anilines is 4. The van der Waals surface area contributed by atoms with Crippen molar-refractivity contribution < 1.29 is 9.90 Å². The van der Waals surface area contributed by atoms with Crippen molar-refractivity contribution in [2.75, 3.05) is 10.6 Å². The van der Waals surface area contributed by atoms with Gasteiger partial charge in [-0.1, -0.05) is 29.8 Å². The van der Waals surface area contributed by atoms with Crippen molar-refractivity contribution in [1.82, 2.24) is 9.97 Å². The first kappa shape index (κ1) is 15.8. The summed E-state index contributed by atoms with van der Waals surface area (Å²) in [6, 6.07) is 15.5. The molecule has 2 aromatic carbocycles. The van der Waals surface area contributed by atoms with Gasteiger partial charge >= 0.3 is 5.97 Å². The monoisotopic (exact) mass is 340 g/mol. The summed E-state index contributed by atoms with van der Waals surface area (Å²) in [6.07, 6.45) is 1.39. The highest BCUT2D eigenvalue weighted by Crippen LogP contribution is 2.23. The van der Waals surface area contributed by atoms with Crippen molar-refractivity contribution in [3.63, 3.8) is 0 Å². The van der Waals surface area contributed by atoms with E-state index in [1.54, 1.807) is 36.4 Å². The third kappa shape index (κ3) is 3.80. The van der Waals surface area contributed by atoms with Gasteiger partial charge in [0.2, 0.25) is 0 Å². The Kier molecular flexibility index (Phi) is 4.58. The van der Waals surface area contributed by atoms with Crippen molar-refractivity contribution in [1.29, 1.82) is 0 Å². The molecule has 0 amide bonds. The van der Waals surface area contributed by atoms with Crippen molar-refractivity contribution in [3.8, 4) is 0 Å². The standard InChI is InChI=1S/C17H13ClN4O2/c18-11-4-3-5-12(8-11)21-15-9-16(20-10-19-15)22-14-7-2-1-6-13(14)17(23)24/h1-10H,(H,23,24)(H2,19,20,21,22). The smallest absolute Gasteiger partial charge is 0.337 e. The number of aromatic carboxylic acids is 1. The lowest BCUT2D eigenvalue weighted by Gasteiger charge is -2.10. The molecule has 0 radical (unpaired) electrons. The lowest BCUT2D eigenvalue weighted by Crippen LogP contribution is -2.04. The number of carboxylic acid groups (broad SMARTS) is 1. The van der Waals surface area contributed by atoms with Gasteiger partial charge in [-0.3, -0.25) is 0 Å². The van der Waals surface area contributed by atoms with Crippen molar-refractivity contribution in [3.05, 3.63) is 71.5 Å². The van der Waals surface area contributed by atoms with Crippen LogP contribution in [0.3, 0.4) is 0 Å². The van der Waals surface area contributed by atoms with Crippen LogP contribution in [0.5, 0.6) is 0 Å². The van der Waals surface area contributed by atoms with Crippen LogP contribution in [-0.2, 0) is 0 Å². The Morgan fingerprint density at radius 1 is 0.958 bits per heavy atom. The second kappa shape index (κ2) is 6.97. The predicted octanol–water partition coefficient (Wildman–Crippen LogP) is 4.32. The number of rotatable bonds is 5. The second-order valence-corrected chi connectivity index (χ2v) is 5.34. The Morgan fingerprint density at radius 2 is 1.71 bits per heavy atom. The molecule has 1 heterocycles. The number of halogens is 1. The summed E-state index contributed by atoms with van der Waals surface area (Å²) in [7, 11) is 0. The predicted molar refractivity (Wildman–Crippen MR) is 93.5 cm³/mol. The minimum atomic E-state index is -1.01. The van der Waals surface area contributed by atoms with E-state index in [2.05, 4.69) is 20.6 Å². The zero-order chi connectivity index (χ0) is 16.9. The molecule has 0 unspecified atom stereocenters. The topological polar surface area (TPSA) is 87.1 Å². The maximum atomic E-state index is 11.3. The van der Waals surface area contributed by atoms with Gasteiger partial charge in [0, 0.05) is 16.8 Å². The fraction of sp³-hybridized carbons (Fsp3) is 0. The Labute approximate surface area is 143 Å². The van der Waals surface area contributed by atoms with Gasteiger partial charge in [-0.05, 0) is 30.3 Å². The highest BCUT2D eigenvalue weighted by Gasteiger charge is 2.10. The van der Waals surface area contributed by atoms with E-state index in [0.29, 0.717) is 22.3 Å². The number of hydrogen-bond acceptors (Lipinski definition) is 5. The average molecular weight is 341 g/mol. The van der Waals surface area contributed by atoms with Crippen LogP contribution in [0.1, 0.15) is 10.4 Å². The van der Waals surface area contributed by atoms with E-state index in [-0.39, 0.29) is 5.56 Å². The van der Waals surface area contributed by atoms with Gasteiger partial charge in [0.05, 0.1) is 11.3 Å². The Bertz CT molecular complexity index is 886. The van der Waals surface area contributed by atoms with Gasteiger partial charge in [-0.15, -0.1) is 0 Å². The fourth-order valence-electron chi connectivity index (χ4n) is 2.12. The van der Waals surface area contributed by atoms with Crippen LogP contribution >= 0.6 is 11.6 Å². The van der Waals surface area contributed by atoms with Crippen LogP contribution in [0.15, 0.2) is 60.9 Å². The Balaban J connectivity index is 1.82. The third-order valence-electron chi connectivity index (χ3n) is 3.18. The summed E-state index contributed by atoms with van der Waals surface area (Å²) in [6.45, 7) is 0. The molecule has 24 heavy (non-hydrogen) atoms. The molecular weight excluding hydrogens is 328 g/mol. The highest BCUT2D eigenvalue weighted by atomic mass is 35.5. The fourth-order valence-corrected chi connectivity index (χ4v) is 2.32. The number of para-hydroxylation sites is 1. The first-order chi connectivity index (χ1) is 11.6. The van der Waals surface area contributed by atoms with Crippen LogP contribution in [0.25, 0.3) is 0 Å². The van der Waals surface area contributed by atoms with Crippen LogP contribution in [-0.4, -0.2) is 21.0 Å². The maximum absolute atomic E-state index is 11.3. The molecule has 120 valence electrons. The van der Waals surface area contributed by atoms with E-state index in [0.717, 1.165) is 5.69 Å². The van der Waals surface area contributed by atoms with Gasteiger partial charge in [-0.2, -0.15) is 0 Å². The second-order valence-electron chi connectivity index (χ2n) is 4.90. The summed E-state index contributed by atoms with van der Waals surface area (Å²) < 4.78 is 0. The van der Waals surface area contributed by atoms with Gasteiger partial charge in [0.1, 0.15) is 18.0 Å². The summed E-state index contributed by atoms with van der Waals surface area (Å²) in [5, 5.41) is 15.9. The zero-order valence-electron chi connectivity index (χ0n) is 12.4. The minimum Gasteiger partial charge on any atom is -0.478 e. The molecule has 1 aromatic heterocycles. The lowest BCUT2D eigenvalue weighted by atomic mass is 10.2. The molecule has 0 aliphatic carbocycles. The number of benzene rings is 2. The molecule has 0 atom stereocenters. The van der Waals surface area contributed by atoms with Crippen LogP contribution in [0.4, 0.5) is 23.0 Å². The summed E-state index contributed by atoms with van der Waals surface area (Å²) in [4.78, 5) is 19.5. The van der Waals surface area contributed by atoms with Gasteiger partial charge in [0.15, 0.2) is 0 Å². The number of nitrogens with zero attached hydrogens (tertiary/aromatic N) is 2. The molecule has 6 nitrogen and oxygen atoms in total. The molecule has 0 aliphatic heterocycles. The van der Waals surface area contributed by atoms with Crippen molar-refractivity contribution in [2.45, 2.75) is 0 Å². The van der Waals surface area contributed by atoms with Gasteiger partial charge < -0.3 is 15.7 Å². The van der Waals surface area contributed by atoms with E-state index in [9.17, 15) is 9.90 Å². The van der Waals surface area contributed by atoms with E-state index in [1.807, 2.05) is 12.1 Å². The number of carbonyl (C=O) groups is 1. The molecule has 7 heteroatoms. The Morgan fingerprint density at radius 3 is 2.46 bits per heavy atom.